The second-order valence-electron chi connectivity index (χ2n) is 9.54. The van der Waals surface area contributed by atoms with E-state index < -0.39 is 11.2 Å². The molecule has 0 saturated carbocycles. The Hall–Kier alpha value is -3.23. The number of thioether (sulfide) groups is 1. The first-order valence-electron chi connectivity index (χ1n) is 12.0. The van der Waals surface area contributed by atoms with Crippen molar-refractivity contribution in [1.82, 2.24) is 14.5 Å². The molecule has 2 aromatic carbocycles. The number of rotatable bonds is 2. The molecule has 1 amide bonds. The highest BCUT2D eigenvalue weighted by Crippen LogP contribution is 2.43. The third kappa shape index (κ3) is 3.72. The predicted molar refractivity (Wildman–Crippen MR) is 136 cm³/mol. The van der Waals surface area contributed by atoms with Gasteiger partial charge >= 0.3 is 0 Å². The molecule has 0 radical (unpaired) electrons. The van der Waals surface area contributed by atoms with Gasteiger partial charge in [0.1, 0.15) is 6.67 Å². The second kappa shape index (κ2) is 8.77. The van der Waals surface area contributed by atoms with Crippen LogP contribution in [0.2, 0.25) is 0 Å². The molecule has 0 bridgehead atoms. The van der Waals surface area contributed by atoms with Crippen LogP contribution in [-0.4, -0.2) is 58.3 Å². The smallest absolute Gasteiger partial charge is 0.278 e. The summed E-state index contributed by atoms with van der Waals surface area (Å²) in [5.41, 5.74) is 3.09. The van der Waals surface area contributed by atoms with E-state index in [2.05, 4.69) is 59.4 Å². The van der Waals surface area contributed by atoms with Gasteiger partial charge in [0.2, 0.25) is 5.43 Å². The zero-order valence-corrected chi connectivity index (χ0v) is 20.4. The van der Waals surface area contributed by atoms with Gasteiger partial charge in [-0.15, -0.1) is 11.8 Å². The van der Waals surface area contributed by atoms with E-state index in [-0.39, 0.29) is 23.7 Å². The van der Waals surface area contributed by atoms with Crippen LogP contribution in [0.15, 0.2) is 70.5 Å². The Kier molecular flexibility index (Phi) is 5.57. The molecule has 180 valence electrons. The molecule has 3 aliphatic rings. The van der Waals surface area contributed by atoms with Gasteiger partial charge < -0.3 is 14.9 Å². The molecular formula is C27H28N4O3S. The monoisotopic (exact) mass is 488 g/mol. The minimum Gasteiger partial charge on any atom is -0.502 e. The lowest BCUT2D eigenvalue weighted by Crippen LogP contribution is -2.59. The van der Waals surface area contributed by atoms with E-state index in [4.69, 9.17) is 0 Å². The number of aromatic hydroxyl groups is 1. The molecule has 3 aliphatic heterocycles. The Bertz CT molecular complexity index is 1300. The predicted octanol–water partition coefficient (Wildman–Crippen LogP) is 3.39. The molecule has 35 heavy (non-hydrogen) atoms. The maximum Gasteiger partial charge on any atom is 0.278 e. The van der Waals surface area contributed by atoms with Crippen LogP contribution in [0.4, 0.5) is 0 Å². The van der Waals surface area contributed by atoms with E-state index in [9.17, 15) is 14.7 Å². The fraction of sp³-hybridized carbons (Fsp3) is 0.333. The molecule has 1 fully saturated rings. The number of piperidine rings is 1. The molecule has 1 aromatic heterocycles. The quantitative estimate of drug-likeness (QED) is 0.597. The Labute approximate surface area is 208 Å². The van der Waals surface area contributed by atoms with Crippen LogP contribution in [0.25, 0.3) is 0 Å². The lowest BCUT2D eigenvalue weighted by molar-refractivity contribution is 0.0496. The number of hydrogen-bond donors (Lipinski definition) is 1. The van der Waals surface area contributed by atoms with Crippen LogP contribution < -0.4 is 10.4 Å². The Balaban J connectivity index is 1.55. The highest BCUT2D eigenvalue weighted by Gasteiger charge is 2.41. The average molecular weight is 489 g/mol. The maximum atomic E-state index is 13.7. The highest BCUT2D eigenvalue weighted by molar-refractivity contribution is 7.98. The van der Waals surface area contributed by atoms with Crippen molar-refractivity contribution in [1.29, 1.82) is 0 Å². The summed E-state index contributed by atoms with van der Waals surface area (Å²) in [4.78, 5) is 31.5. The molecule has 3 aromatic rings. The first kappa shape index (κ1) is 22.2. The van der Waals surface area contributed by atoms with Crippen LogP contribution in [-0.2, 0) is 5.75 Å². The number of likely N-dealkylation sites (tertiary alicyclic amines) is 1. The number of fused-ring (bicyclic) bond motifs is 3. The summed E-state index contributed by atoms with van der Waals surface area (Å²) in [5, 5.41) is 13.0. The topological polar surface area (TPSA) is 69.0 Å². The van der Waals surface area contributed by atoms with Crippen molar-refractivity contribution in [3.05, 3.63) is 93.4 Å². The summed E-state index contributed by atoms with van der Waals surface area (Å²) >= 11 is 1.82. The zero-order chi connectivity index (χ0) is 24.1. The Morgan fingerprint density at radius 3 is 2.46 bits per heavy atom. The van der Waals surface area contributed by atoms with Crippen LogP contribution >= 0.6 is 11.8 Å². The summed E-state index contributed by atoms with van der Waals surface area (Å²) in [6.07, 6.45) is 3.35. The maximum absolute atomic E-state index is 13.7. The van der Waals surface area contributed by atoms with Gasteiger partial charge in [0.05, 0.1) is 6.04 Å². The highest BCUT2D eigenvalue weighted by atomic mass is 32.2. The fourth-order valence-electron chi connectivity index (χ4n) is 5.56. The van der Waals surface area contributed by atoms with Crippen LogP contribution in [0.3, 0.4) is 0 Å². The van der Waals surface area contributed by atoms with Crippen molar-refractivity contribution >= 4 is 17.7 Å². The Morgan fingerprint density at radius 1 is 0.943 bits per heavy atom. The number of nitrogens with zero attached hydrogens (tertiary/aromatic N) is 4. The van der Waals surface area contributed by atoms with Gasteiger partial charge in [0.15, 0.2) is 11.4 Å². The summed E-state index contributed by atoms with van der Waals surface area (Å²) in [5.74, 6) is 0.0949. The lowest BCUT2D eigenvalue weighted by atomic mass is 9.94. The molecule has 6 rings (SSSR count). The first-order chi connectivity index (χ1) is 17.0. The van der Waals surface area contributed by atoms with Gasteiger partial charge in [-0.25, -0.2) is 0 Å². The van der Waals surface area contributed by atoms with Gasteiger partial charge in [-0.3, -0.25) is 19.3 Å². The number of amides is 1. The number of aromatic nitrogens is 1. The van der Waals surface area contributed by atoms with Gasteiger partial charge in [0.25, 0.3) is 5.91 Å². The zero-order valence-electron chi connectivity index (χ0n) is 19.6. The first-order valence-corrected chi connectivity index (χ1v) is 13.0. The summed E-state index contributed by atoms with van der Waals surface area (Å²) < 4.78 is 1.71. The molecule has 1 atom stereocenters. The van der Waals surface area contributed by atoms with E-state index in [0.29, 0.717) is 6.67 Å². The number of carbonyl (C=O) groups is 1. The van der Waals surface area contributed by atoms with Crippen molar-refractivity contribution in [3.63, 3.8) is 0 Å². The Morgan fingerprint density at radius 2 is 1.66 bits per heavy atom. The SMILES string of the molecule is CN1CCC(N2CN(C3c4ccccc4CSc4ccccc43)n3ccc(=O)c(O)c3C2=O)CC1. The lowest BCUT2D eigenvalue weighted by Gasteiger charge is -2.47. The normalized spacial score (nSPS) is 20.7. The van der Waals surface area contributed by atoms with Crippen LogP contribution in [0.1, 0.15) is 46.1 Å². The van der Waals surface area contributed by atoms with Gasteiger partial charge in [-0.2, -0.15) is 0 Å². The van der Waals surface area contributed by atoms with Gasteiger partial charge in [0, 0.05) is 29.0 Å². The second-order valence-corrected chi connectivity index (χ2v) is 10.6. The van der Waals surface area contributed by atoms with Crippen LogP contribution in [0, 0.1) is 0 Å². The summed E-state index contributed by atoms with van der Waals surface area (Å²) in [6.45, 7) is 2.20. The van der Waals surface area contributed by atoms with Crippen molar-refractivity contribution in [2.45, 2.75) is 35.6 Å². The largest absolute Gasteiger partial charge is 0.502 e. The average Bonchev–Trinajstić information content (AvgIpc) is 3.04. The van der Waals surface area contributed by atoms with Crippen LogP contribution in [0.5, 0.6) is 5.75 Å². The van der Waals surface area contributed by atoms with Crippen molar-refractivity contribution in [3.8, 4) is 5.75 Å². The molecular weight excluding hydrogens is 460 g/mol. The molecule has 4 heterocycles. The van der Waals surface area contributed by atoms with E-state index >= 15 is 0 Å². The molecule has 1 N–H and O–H groups in total. The van der Waals surface area contributed by atoms with E-state index in [1.54, 1.807) is 10.9 Å². The standard InChI is InChI=1S/C27H28N4O3S/c1-28-13-10-19(11-14-28)29-17-31(30-15-12-22(32)26(33)25(30)27(29)34)24-20-7-3-2-6-18(20)16-35-23-9-5-4-8-21(23)24/h2-9,12,15,19,24,33H,10-11,13-14,16-17H2,1H3. The summed E-state index contributed by atoms with van der Waals surface area (Å²) in [7, 11) is 2.10. The fourth-order valence-corrected chi connectivity index (χ4v) is 6.66. The number of benzene rings is 2. The number of carbonyl (C=O) groups excluding carboxylic acids is 1. The minimum atomic E-state index is -0.535. The van der Waals surface area contributed by atoms with Crippen molar-refractivity contribution < 1.29 is 9.90 Å². The molecule has 1 unspecified atom stereocenters. The third-order valence-electron chi connectivity index (χ3n) is 7.46. The minimum absolute atomic E-state index is 0.0505. The van der Waals surface area contributed by atoms with Gasteiger partial charge in [-0.1, -0.05) is 42.5 Å². The van der Waals surface area contributed by atoms with Crippen molar-refractivity contribution in [2.75, 3.05) is 31.8 Å². The van der Waals surface area contributed by atoms with E-state index in [0.717, 1.165) is 37.2 Å². The van der Waals surface area contributed by atoms with E-state index in [1.165, 1.54) is 22.1 Å². The molecule has 0 aliphatic carbocycles. The molecule has 8 heteroatoms. The van der Waals surface area contributed by atoms with Gasteiger partial charge in [-0.05, 0) is 55.7 Å². The number of pyridine rings is 1. The third-order valence-corrected chi connectivity index (χ3v) is 8.60. The molecule has 1 saturated heterocycles. The number of hydrogen-bond acceptors (Lipinski definition) is 6. The summed E-state index contributed by atoms with van der Waals surface area (Å²) in [6, 6.07) is 18.0. The molecule has 0 spiro atoms. The van der Waals surface area contributed by atoms with Crippen molar-refractivity contribution in [2.24, 2.45) is 0 Å². The molecule has 7 nitrogen and oxygen atoms in total. The van der Waals surface area contributed by atoms with E-state index in [1.807, 2.05) is 22.7 Å².